The molecule has 6 nitrogen and oxygen atoms in total. The van der Waals surface area contributed by atoms with Crippen LogP contribution in [-0.2, 0) is 4.79 Å². The molecule has 2 aromatic heterocycles. The average molecular weight is 273 g/mol. The Morgan fingerprint density at radius 3 is 3.05 bits per heavy atom. The lowest BCUT2D eigenvalue weighted by atomic mass is 9.93. The zero-order chi connectivity index (χ0) is 13.8. The van der Waals surface area contributed by atoms with E-state index in [2.05, 4.69) is 20.7 Å². The summed E-state index contributed by atoms with van der Waals surface area (Å²) in [6.45, 7) is 2.15. The Morgan fingerprint density at radius 2 is 2.20 bits per heavy atom. The molecule has 106 valence electrons. The van der Waals surface area contributed by atoms with Crippen LogP contribution in [0.15, 0.2) is 24.5 Å². The summed E-state index contributed by atoms with van der Waals surface area (Å²) in [6, 6.07) is 3.58. The van der Waals surface area contributed by atoms with Crippen molar-refractivity contribution in [3.8, 4) is 0 Å². The van der Waals surface area contributed by atoms with Gasteiger partial charge in [0.05, 0.1) is 6.20 Å². The third-order valence-electron chi connectivity index (χ3n) is 3.80. The van der Waals surface area contributed by atoms with Crippen molar-refractivity contribution in [3.05, 3.63) is 24.5 Å². The maximum Gasteiger partial charge on any atom is 0.225 e. The van der Waals surface area contributed by atoms with Gasteiger partial charge >= 0.3 is 0 Å². The number of nitrogens with zero attached hydrogens (tertiary/aromatic N) is 3. The molecule has 1 fully saturated rings. The number of fused-ring (bicyclic) bond motifs is 1. The fourth-order valence-electron chi connectivity index (χ4n) is 2.64. The Bertz CT molecular complexity index is 588. The molecule has 0 unspecified atom stereocenters. The van der Waals surface area contributed by atoms with Gasteiger partial charge in [0.15, 0.2) is 5.65 Å². The third-order valence-corrected chi connectivity index (χ3v) is 3.80. The summed E-state index contributed by atoms with van der Waals surface area (Å²) in [7, 11) is 0. The number of piperidine rings is 1. The second-order valence-electron chi connectivity index (χ2n) is 5.21. The zero-order valence-corrected chi connectivity index (χ0v) is 11.4. The molecule has 1 amide bonds. The fraction of sp³-hybridized carbons (Fsp3) is 0.500. The van der Waals surface area contributed by atoms with Crippen molar-refractivity contribution >= 4 is 17.4 Å². The molecule has 1 saturated heterocycles. The van der Waals surface area contributed by atoms with Crippen LogP contribution in [0.25, 0.3) is 5.65 Å². The van der Waals surface area contributed by atoms with Crippen LogP contribution in [-0.4, -0.2) is 33.6 Å². The number of aromatic nitrogens is 3. The molecular weight excluding hydrogens is 254 g/mol. The number of carbonyl (C=O) groups is 1. The van der Waals surface area contributed by atoms with E-state index in [0.717, 1.165) is 25.2 Å². The van der Waals surface area contributed by atoms with Gasteiger partial charge in [0.1, 0.15) is 5.82 Å². The molecular formula is C14H19N5O. The monoisotopic (exact) mass is 273 g/mol. The quantitative estimate of drug-likeness (QED) is 0.884. The Morgan fingerprint density at radius 1 is 1.35 bits per heavy atom. The van der Waals surface area contributed by atoms with Crippen LogP contribution in [0, 0.1) is 5.92 Å². The normalized spacial score (nSPS) is 16.4. The minimum atomic E-state index is 0.0477. The van der Waals surface area contributed by atoms with Crippen molar-refractivity contribution in [1.29, 1.82) is 0 Å². The van der Waals surface area contributed by atoms with E-state index in [1.165, 1.54) is 12.8 Å². The predicted octanol–water partition coefficient (Wildman–Crippen LogP) is 1.45. The Kier molecular flexibility index (Phi) is 3.92. The van der Waals surface area contributed by atoms with E-state index in [1.54, 1.807) is 23.0 Å². The van der Waals surface area contributed by atoms with E-state index in [1.807, 2.05) is 6.07 Å². The summed E-state index contributed by atoms with van der Waals surface area (Å²) in [4.78, 5) is 16.2. The summed E-state index contributed by atoms with van der Waals surface area (Å²) in [5, 5.41) is 10.4. The van der Waals surface area contributed by atoms with E-state index >= 15 is 0 Å². The van der Waals surface area contributed by atoms with Gasteiger partial charge in [-0.05, 0) is 44.3 Å². The molecule has 0 aromatic carbocycles. The molecule has 3 rings (SSSR count). The lowest BCUT2D eigenvalue weighted by molar-refractivity contribution is -0.116. The minimum Gasteiger partial charge on any atom is -0.317 e. The first-order chi connectivity index (χ1) is 9.83. The predicted molar refractivity (Wildman–Crippen MR) is 76.4 cm³/mol. The lowest BCUT2D eigenvalue weighted by Gasteiger charge is -2.22. The van der Waals surface area contributed by atoms with Gasteiger partial charge in [-0.1, -0.05) is 0 Å². The van der Waals surface area contributed by atoms with Crippen LogP contribution in [0.1, 0.15) is 25.7 Å². The molecule has 6 heteroatoms. The van der Waals surface area contributed by atoms with Crippen LogP contribution in [0.5, 0.6) is 0 Å². The molecule has 2 N–H and O–H groups in total. The van der Waals surface area contributed by atoms with E-state index in [9.17, 15) is 4.79 Å². The van der Waals surface area contributed by atoms with Gasteiger partial charge in [-0.3, -0.25) is 4.79 Å². The van der Waals surface area contributed by atoms with Crippen LogP contribution in [0.3, 0.4) is 0 Å². The molecule has 3 heterocycles. The van der Waals surface area contributed by atoms with Crippen LogP contribution < -0.4 is 10.6 Å². The highest BCUT2D eigenvalue weighted by Gasteiger charge is 2.15. The molecule has 20 heavy (non-hydrogen) atoms. The van der Waals surface area contributed by atoms with Gasteiger partial charge in [0.25, 0.3) is 0 Å². The number of rotatable bonds is 4. The molecule has 2 aromatic rings. The van der Waals surface area contributed by atoms with Crippen molar-refractivity contribution in [3.63, 3.8) is 0 Å². The minimum absolute atomic E-state index is 0.0477. The number of anilines is 1. The largest absolute Gasteiger partial charge is 0.317 e. The van der Waals surface area contributed by atoms with Gasteiger partial charge in [-0.25, -0.2) is 4.98 Å². The summed E-state index contributed by atoms with van der Waals surface area (Å²) in [6.07, 6.45) is 7.22. The second-order valence-corrected chi connectivity index (χ2v) is 5.21. The number of hydrogen-bond donors (Lipinski definition) is 2. The molecule has 0 spiro atoms. The first kappa shape index (κ1) is 13.1. The Labute approximate surface area is 117 Å². The molecule has 0 atom stereocenters. The topological polar surface area (TPSA) is 71.3 Å². The molecule has 0 saturated carbocycles. The standard InChI is InChI=1S/C14H19N5O/c20-14(2-1-11-3-7-15-8-4-11)18-13-5-9-16-12-6-10-17-19(12)13/h5-6,9-11,15H,1-4,7-8H2,(H,18,20). The van der Waals surface area contributed by atoms with E-state index in [4.69, 9.17) is 0 Å². The highest BCUT2D eigenvalue weighted by atomic mass is 16.1. The first-order valence-corrected chi connectivity index (χ1v) is 7.12. The maximum atomic E-state index is 12.0. The second kappa shape index (κ2) is 6.00. The summed E-state index contributed by atoms with van der Waals surface area (Å²) in [5.74, 6) is 1.39. The van der Waals surface area contributed by atoms with Gasteiger partial charge in [-0.15, -0.1) is 0 Å². The SMILES string of the molecule is O=C(CCC1CCNCC1)Nc1ccnc2ccnn12. The third kappa shape index (κ3) is 2.96. The first-order valence-electron chi connectivity index (χ1n) is 7.12. The maximum absolute atomic E-state index is 12.0. The van der Waals surface area contributed by atoms with Crippen molar-refractivity contribution < 1.29 is 4.79 Å². The van der Waals surface area contributed by atoms with Crippen molar-refractivity contribution in [2.24, 2.45) is 5.92 Å². The highest BCUT2D eigenvalue weighted by molar-refractivity contribution is 5.90. The van der Waals surface area contributed by atoms with Gasteiger partial charge < -0.3 is 10.6 Å². The van der Waals surface area contributed by atoms with Crippen LogP contribution in [0.4, 0.5) is 5.82 Å². The Balaban J connectivity index is 1.57. The summed E-state index contributed by atoms with van der Waals surface area (Å²) < 4.78 is 1.64. The van der Waals surface area contributed by atoms with Gasteiger partial charge in [-0.2, -0.15) is 9.61 Å². The van der Waals surface area contributed by atoms with Crippen LogP contribution >= 0.6 is 0 Å². The van der Waals surface area contributed by atoms with Gasteiger partial charge in [0.2, 0.25) is 5.91 Å². The van der Waals surface area contributed by atoms with Crippen LogP contribution in [0.2, 0.25) is 0 Å². The smallest absolute Gasteiger partial charge is 0.225 e. The number of nitrogens with one attached hydrogen (secondary N) is 2. The Hall–Kier alpha value is -1.95. The summed E-state index contributed by atoms with van der Waals surface area (Å²) in [5.41, 5.74) is 0.737. The van der Waals surface area contributed by atoms with E-state index < -0.39 is 0 Å². The van der Waals surface area contributed by atoms with E-state index in [-0.39, 0.29) is 5.91 Å². The van der Waals surface area contributed by atoms with Gasteiger partial charge in [0, 0.05) is 18.7 Å². The molecule has 1 aliphatic heterocycles. The highest BCUT2D eigenvalue weighted by Crippen LogP contribution is 2.18. The molecule has 0 aliphatic carbocycles. The zero-order valence-electron chi connectivity index (χ0n) is 11.4. The van der Waals surface area contributed by atoms with Crippen molar-refractivity contribution in [2.75, 3.05) is 18.4 Å². The molecule has 1 aliphatic rings. The van der Waals surface area contributed by atoms with E-state index in [0.29, 0.717) is 18.2 Å². The fourth-order valence-corrected chi connectivity index (χ4v) is 2.64. The number of hydrogen-bond acceptors (Lipinski definition) is 4. The lowest BCUT2D eigenvalue weighted by Crippen LogP contribution is -2.28. The number of carbonyl (C=O) groups excluding carboxylic acids is 1. The summed E-state index contributed by atoms with van der Waals surface area (Å²) >= 11 is 0. The van der Waals surface area contributed by atoms with Crippen molar-refractivity contribution in [2.45, 2.75) is 25.7 Å². The number of amides is 1. The molecule has 0 bridgehead atoms. The molecule has 0 radical (unpaired) electrons. The van der Waals surface area contributed by atoms with Crippen molar-refractivity contribution in [1.82, 2.24) is 19.9 Å². The average Bonchev–Trinajstić information content (AvgIpc) is 2.96.